The van der Waals surface area contributed by atoms with E-state index in [1.165, 1.54) is 13.8 Å². The molecule has 0 saturated carbocycles. The van der Waals surface area contributed by atoms with Crippen LogP contribution in [0, 0.1) is 0 Å². The number of rotatable bonds is 7. The summed E-state index contributed by atoms with van der Waals surface area (Å²) in [5.74, 6) is -1.61. The Balaban J connectivity index is 2.53. The fraction of sp³-hybridized carbons (Fsp3) is 0.471. The molecule has 0 unspecified atom stereocenters. The van der Waals surface area contributed by atoms with Crippen molar-refractivity contribution in [3.63, 3.8) is 0 Å². The van der Waals surface area contributed by atoms with Gasteiger partial charge in [0.1, 0.15) is 10.8 Å². The van der Waals surface area contributed by atoms with E-state index >= 15 is 0 Å². The van der Waals surface area contributed by atoms with Crippen LogP contribution in [0.1, 0.15) is 49.7 Å². The van der Waals surface area contributed by atoms with E-state index in [4.69, 9.17) is 16.7 Å². The maximum Gasteiger partial charge on any atom is 0.391 e. The number of aromatic nitrogens is 3. The van der Waals surface area contributed by atoms with E-state index in [1.54, 1.807) is 6.92 Å². The van der Waals surface area contributed by atoms with Crippen molar-refractivity contribution in [3.05, 3.63) is 28.5 Å². The van der Waals surface area contributed by atoms with Gasteiger partial charge in [-0.3, -0.25) is 4.68 Å². The van der Waals surface area contributed by atoms with Gasteiger partial charge < -0.3 is 10.4 Å². The molecule has 0 aliphatic carbocycles. The van der Waals surface area contributed by atoms with Crippen molar-refractivity contribution in [1.82, 2.24) is 14.8 Å². The molecule has 2 aromatic rings. The SMILES string of the molecule is CCn1nc(C(=O)O)c(Cl)c1-c1cnc(NC(C)(C)CC(F)(F)F)cc1C(F)F. The van der Waals surface area contributed by atoms with Gasteiger partial charge in [-0.2, -0.15) is 18.3 Å². The van der Waals surface area contributed by atoms with Crippen LogP contribution in [0.4, 0.5) is 27.8 Å². The Morgan fingerprint density at radius 2 is 1.97 bits per heavy atom. The third-order valence-corrected chi connectivity index (χ3v) is 4.29. The van der Waals surface area contributed by atoms with Gasteiger partial charge in [-0.05, 0) is 26.8 Å². The molecular formula is C17H18ClF5N4O2. The molecule has 6 nitrogen and oxygen atoms in total. The van der Waals surface area contributed by atoms with Crippen LogP contribution in [0.15, 0.2) is 12.3 Å². The maximum atomic E-state index is 13.7. The molecule has 0 aliphatic rings. The second kappa shape index (κ2) is 8.13. The molecule has 2 aromatic heterocycles. The standard InChI is InChI=1S/C17H18ClF5N4O2/c1-4-27-13(11(18)12(26-27)15(28)29)9-6-24-10(5-8(9)14(19)20)25-16(2,3)7-17(21,22)23/h5-6,14H,4,7H2,1-3H3,(H,24,25)(H,28,29). The number of carboxylic acids is 1. The second-order valence-electron chi connectivity index (χ2n) is 6.89. The summed E-state index contributed by atoms with van der Waals surface area (Å²) in [7, 11) is 0. The summed E-state index contributed by atoms with van der Waals surface area (Å²) < 4.78 is 66.6. The highest BCUT2D eigenvalue weighted by atomic mass is 35.5. The third kappa shape index (κ3) is 5.34. The van der Waals surface area contributed by atoms with Gasteiger partial charge >= 0.3 is 12.1 Å². The monoisotopic (exact) mass is 440 g/mol. The number of hydrogen-bond acceptors (Lipinski definition) is 4. The van der Waals surface area contributed by atoms with Crippen LogP contribution in [0.2, 0.25) is 5.02 Å². The Morgan fingerprint density at radius 1 is 1.34 bits per heavy atom. The molecule has 29 heavy (non-hydrogen) atoms. The fourth-order valence-electron chi connectivity index (χ4n) is 2.87. The number of aryl methyl sites for hydroxylation is 1. The van der Waals surface area contributed by atoms with Crippen molar-refractivity contribution < 1.29 is 31.9 Å². The summed E-state index contributed by atoms with van der Waals surface area (Å²) in [5.41, 5.74) is -2.79. The molecule has 0 radical (unpaired) electrons. The zero-order chi connectivity index (χ0) is 22.1. The van der Waals surface area contributed by atoms with E-state index in [1.807, 2.05) is 0 Å². The highest BCUT2D eigenvalue weighted by molar-refractivity contribution is 6.35. The lowest BCUT2D eigenvalue weighted by molar-refractivity contribution is -0.142. The predicted octanol–water partition coefficient (Wildman–Crippen LogP) is 5.40. The maximum absolute atomic E-state index is 13.7. The van der Waals surface area contributed by atoms with Crippen molar-refractivity contribution in [2.75, 3.05) is 5.32 Å². The summed E-state index contributed by atoms with van der Waals surface area (Å²) in [4.78, 5) is 15.2. The lowest BCUT2D eigenvalue weighted by atomic mass is 10.00. The van der Waals surface area contributed by atoms with Gasteiger partial charge in [0.25, 0.3) is 6.43 Å². The highest BCUT2D eigenvalue weighted by Gasteiger charge is 2.37. The molecule has 0 aliphatic heterocycles. The van der Waals surface area contributed by atoms with Gasteiger partial charge in [-0.15, -0.1) is 0 Å². The minimum atomic E-state index is -4.46. The first-order valence-electron chi connectivity index (χ1n) is 8.38. The minimum absolute atomic E-state index is 0.0598. The summed E-state index contributed by atoms with van der Waals surface area (Å²) in [5, 5.41) is 15.1. The second-order valence-corrected chi connectivity index (χ2v) is 7.27. The van der Waals surface area contributed by atoms with Gasteiger partial charge in [0.15, 0.2) is 5.69 Å². The first kappa shape index (κ1) is 22.9. The molecule has 2 heterocycles. The summed E-state index contributed by atoms with van der Waals surface area (Å²) in [6.07, 6.45) is -7.68. The summed E-state index contributed by atoms with van der Waals surface area (Å²) >= 11 is 6.06. The number of halogens is 6. The molecule has 0 saturated heterocycles. The van der Waals surface area contributed by atoms with E-state index in [0.29, 0.717) is 0 Å². The topological polar surface area (TPSA) is 80.0 Å². The van der Waals surface area contributed by atoms with Crippen molar-refractivity contribution in [3.8, 4) is 11.3 Å². The molecule has 0 aromatic carbocycles. The average Bonchev–Trinajstić information content (AvgIpc) is 2.88. The quantitative estimate of drug-likeness (QED) is 0.564. The Bertz CT molecular complexity index is 912. The van der Waals surface area contributed by atoms with Crippen LogP contribution in [-0.2, 0) is 6.54 Å². The van der Waals surface area contributed by atoms with E-state index in [-0.39, 0.29) is 28.6 Å². The number of aromatic carboxylic acids is 1. The first-order chi connectivity index (χ1) is 13.3. The fourth-order valence-corrected chi connectivity index (χ4v) is 3.19. The van der Waals surface area contributed by atoms with E-state index in [0.717, 1.165) is 16.9 Å². The Hall–Kier alpha value is -2.43. The van der Waals surface area contributed by atoms with Crippen molar-refractivity contribution in [2.45, 2.75) is 51.9 Å². The molecule has 2 rings (SSSR count). The molecule has 0 atom stereocenters. The van der Waals surface area contributed by atoms with Gasteiger partial charge in [-0.25, -0.2) is 18.6 Å². The normalized spacial score (nSPS) is 12.5. The molecule has 2 N–H and O–H groups in total. The Morgan fingerprint density at radius 3 is 2.45 bits per heavy atom. The highest BCUT2D eigenvalue weighted by Crippen LogP contribution is 2.38. The van der Waals surface area contributed by atoms with Crippen LogP contribution in [0.25, 0.3) is 11.3 Å². The number of alkyl halides is 5. The Labute approximate surface area is 167 Å². The molecule has 0 bridgehead atoms. The number of nitrogens with one attached hydrogen (secondary N) is 1. The van der Waals surface area contributed by atoms with Crippen molar-refractivity contribution in [1.29, 1.82) is 0 Å². The lowest BCUT2D eigenvalue weighted by Gasteiger charge is -2.28. The summed E-state index contributed by atoms with van der Waals surface area (Å²) in [6.45, 7) is 4.29. The number of carboxylic acid groups (broad SMARTS) is 1. The number of hydrogen-bond donors (Lipinski definition) is 2. The number of nitrogens with zero attached hydrogens (tertiary/aromatic N) is 3. The third-order valence-electron chi connectivity index (χ3n) is 3.93. The van der Waals surface area contributed by atoms with Gasteiger partial charge in [0, 0.05) is 29.4 Å². The molecule has 0 fully saturated rings. The average molecular weight is 441 g/mol. The zero-order valence-electron chi connectivity index (χ0n) is 15.6. The number of anilines is 1. The van der Waals surface area contributed by atoms with Crippen molar-refractivity contribution in [2.24, 2.45) is 0 Å². The predicted molar refractivity (Wildman–Crippen MR) is 96.4 cm³/mol. The Kier molecular flexibility index (Phi) is 6.41. The van der Waals surface area contributed by atoms with Crippen LogP contribution in [-0.4, -0.2) is 37.6 Å². The smallest absolute Gasteiger partial charge is 0.391 e. The first-order valence-corrected chi connectivity index (χ1v) is 8.76. The van der Waals surface area contributed by atoms with Crippen LogP contribution in [0.5, 0.6) is 0 Å². The molecule has 160 valence electrons. The largest absolute Gasteiger partial charge is 0.476 e. The van der Waals surface area contributed by atoms with E-state index in [9.17, 15) is 26.7 Å². The van der Waals surface area contributed by atoms with Crippen LogP contribution >= 0.6 is 11.6 Å². The molecule has 0 amide bonds. The summed E-state index contributed by atoms with van der Waals surface area (Å²) in [6, 6.07) is 0.919. The van der Waals surface area contributed by atoms with Gasteiger partial charge in [0.05, 0.1) is 12.1 Å². The van der Waals surface area contributed by atoms with Crippen LogP contribution < -0.4 is 5.32 Å². The van der Waals surface area contributed by atoms with Crippen LogP contribution in [0.3, 0.4) is 0 Å². The van der Waals surface area contributed by atoms with Gasteiger partial charge in [-0.1, -0.05) is 11.6 Å². The van der Waals surface area contributed by atoms with E-state index < -0.39 is 41.8 Å². The van der Waals surface area contributed by atoms with Gasteiger partial charge in [0.2, 0.25) is 0 Å². The van der Waals surface area contributed by atoms with E-state index in [2.05, 4.69) is 15.4 Å². The molecular weight excluding hydrogens is 423 g/mol. The minimum Gasteiger partial charge on any atom is -0.476 e. The molecule has 0 spiro atoms. The lowest BCUT2D eigenvalue weighted by Crippen LogP contribution is -2.36. The zero-order valence-corrected chi connectivity index (χ0v) is 16.4. The molecule has 12 heteroatoms. The number of carbonyl (C=O) groups is 1. The number of pyridine rings is 1. The van der Waals surface area contributed by atoms with Crippen molar-refractivity contribution >= 4 is 23.4 Å².